The number of carbonyl (C=O) groups is 1. The SMILES string of the molecule is O=C(O)c1cc([N+](=O)[O-])cc2[nH]c(CCl)nc12. The number of benzene rings is 1. The molecule has 1 heterocycles. The van der Waals surface area contributed by atoms with Crippen LogP contribution in [0.5, 0.6) is 0 Å². The van der Waals surface area contributed by atoms with Crippen molar-refractivity contribution < 1.29 is 14.8 Å². The Morgan fingerprint density at radius 2 is 2.29 bits per heavy atom. The van der Waals surface area contributed by atoms with Crippen molar-refractivity contribution in [1.29, 1.82) is 0 Å². The van der Waals surface area contributed by atoms with Crippen molar-refractivity contribution >= 4 is 34.3 Å². The van der Waals surface area contributed by atoms with Crippen LogP contribution in [-0.2, 0) is 5.88 Å². The summed E-state index contributed by atoms with van der Waals surface area (Å²) >= 11 is 5.56. The van der Waals surface area contributed by atoms with Crippen LogP contribution in [0.15, 0.2) is 12.1 Å². The van der Waals surface area contributed by atoms with E-state index in [4.69, 9.17) is 16.7 Å². The summed E-state index contributed by atoms with van der Waals surface area (Å²) in [5.41, 5.74) is -0.0764. The highest BCUT2D eigenvalue weighted by atomic mass is 35.5. The van der Waals surface area contributed by atoms with Crippen LogP contribution in [0.2, 0.25) is 0 Å². The Labute approximate surface area is 99.2 Å². The second-order valence-electron chi connectivity index (χ2n) is 3.27. The van der Waals surface area contributed by atoms with Crippen LogP contribution < -0.4 is 0 Å². The van der Waals surface area contributed by atoms with E-state index in [1.165, 1.54) is 6.07 Å². The van der Waals surface area contributed by atoms with E-state index in [0.717, 1.165) is 6.07 Å². The van der Waals surface area contributed by atoms with Gasteiger partial charge < -0.3 is 10.1 Å². The zero-order valence-electron chi connectivity index (χ0n) is 8.31. The molecule has 0 unspecified atom stereocenters. The number of halogens is 1. The molecule has 0 saturated carbocycles. The molecule has 0 atom stereocenters. The van der Waals surface area contributed by atoms with Gasteiger partial charge in [0, 0.05) is 12.1 Å². The number of non-ortho nitro benzene ring substituents is 1. The van der Waals surface area contributed by atoms with E-state index in [1.54, 1.807) is 0 Å². The van der Waals surface area contributed by atoms with Crippen molar-refractivity contribution in [3.05, 3.63) is 33.6 Å². The summed E-state index contributed by atoms with van der Waals surface area (Å²) in [5, 5.41) is 19.6. The van der Waals surface area contributed by atoms with Gasteiger partial charge in [0.1, 0.15) is 11.3 Å². The van der Waals surface area contributed by atoms with E-state index >= 15 is 0 Å². The maximum absolute atomic E-state index is 11.0. The Hall–Kier alpha value is -2.15. The first kappa shape index (κ1) is 11.3. The number of aromatic amines is 1. The monoisotopic (exact) mass is 255 g/mol. The van der Waals surface area contributed by atoms with Crippen molar-refractivity contribution in [2.45, 2.75) is 5.88 Å². The minimum Gasteiger partial charge on any atom is -0.478 e. The Kier molecular flexibility index (Phi) is 2.68. The van der Waals surface area contributed by atoms with Gasteiger partial charge in [-0.2, -0.15) is 0 Å². The number of nitro groups is 1. The molecule has 7 nitrogen and oxygen atoms in total. The van der Waals surface area contributed by atoms with Crippen LogP contribution in [0.25, 0.3) is 11.0 Å². The zero-order valence-corrected chi connectivity index (χ0v) is 9.06. The molecule has 0 aliphatic heterocycles. The number of rotatable bonds is 3. The van der Waals surface area contributed by atoms with Crippen LogP contribution in [0.1, 0.15) is 16.2 Å². The molecule has 0 amide bonds. The van der Waals surface area contributed by atoms with E-state index in [9.17, 15) is 14.9 Å². The quantitative estimate of drug-likeness (QED) is 0.494. The lowest BCUT2D eigenvalue weighted by atomic mass is 10.1. The molecule has 2 N–H and O–H groups in total. The van der Waals surface area contributed by atoms with Gasteiger partial charge in [0.15, 0.2) is 0 Å². The van der Waals surface area contributed by atoms with E-state index in [0.29, 0.717) is 5.82 Å². The third-order valence-electron chi connectivity index (χ3n) is 2.19. The van der Waals surface area contributed by atoms with Crippen LogP contribution in [0.3, 0.4) is 0 Å². The molecule has 0 aliphatic rings. The molecule has 17 heavy (non-hydrogen) atoms. The molecular formula is C9H6ClN3O4. The molecule has 0 aliphatic carbocycles. The number of imidazole rings is 1. The van der Waals surface area contributed by atoms with Gasteiger partial charge in [-0.25, -0.2) is 9.78 Å². The number of nitrogens with one attached hydrogen (secondary N) is 1. The van der Waals surface area contributed by atoms with Crippen molar-refractivity contribution in [2.24, 2.45) is 0 Å². The first-order valence-corrected chi connectivity index (χ1v) is 5.02. The van der Waals surface area contributed by atoms with Crippen LogP contribution in [-0.4, -0.2) is 26.0 Å². The fourth-order valence-electron chi connectivity index (χ4n) is 1.49. The number of aromatic carboxylic acids is 1. The summed E-state index contributed by atoms with van der Waals surface area (Å²) in [6, 6.07) is 2.20. The van der Waals surface area contributed by atoms with Crippen LogP contribution in [0, 0.1) is 10.1 Å². The second-order valence-corrected chi connectivity index (χ2v) is 3.54. The Balaban J connectivity index is 2.78. The van der Waals surface area contributed by atoms with Gasteiger partial charge >= 0.3 is 5.97 Å². The molecule has 2 aromatic rings. The first-order valence-electron chi connectivity index (χ1n) is 4.49. The number of aromatic nitrogens is 2. The Bertz CT molecular complexity index is 622. The lowest BCUT2D eigenvalue weighted by Gasteiger charge is -1.96. The number of H-pyrrole nitrogens is 1. The number of alkyl halides is 1. The Morgan fingerprint density at radius 3 is 2.82 bits per heavy atom. The minimum absolute atomic E-state index is 0.0710. The molecule has 0 spiro atoms. The predicted molar refractivity (Wildman–Crippen MR) is 59.3 cm³/mol. The zero-order chi connectivity index (χ0) is 12.6. The van der Waals surface area contributed by atoms with Gasteiger partial charge in [-0.3, -0.25) is 10.1 Å². The maximum atomic E-state index is 11.0. The molecule has 1 aromatic heterocycles. The highest BCUT2D eigenvalue weighted by molar-refractivity contribution is 6.17. The average molecular weight is 256 g/mol. The lowest BCUT2D eigenvalue weighted by molar-refractivity contribution is -0.384. The molecule has 0 bridgehead atoms. The second kappa shape index (κ2) is 4.02. The number of carboxylic acids is 1. The molecular weight excluding hydrogens is 250 g/mol. The summed E-state index contributed by atoms with van der Waals surface area (Å²) in [6.07, 6.45) is 0. The van der Waals surface area contributed by atoms with Gasteiger partial charge in [-0.05, 0) is 0 Å². The van der Waals surface area contributed by atoms with Gasteiger partial charge in [0.2, 0.25) is 0 Å². The largest absolute Gasteiger partial charge is 0.478 e. The van der Waals surface area contributed by atoms with Crippen LogP contribution in [0.4, 0.5) is 5.69 Å². The van der Waals surface area contributed by atoms with Gasteiger partial charge in [-0.1, -0.05) is 0 Å². The van der Waals surface area contributed by atoms with E-state index in [1.807, 2.05) is 0 Å². The van der Waals surface area contributed by atoms with Crippen molar-refractivity contribution in [2.75, 3.05) is 0 Å². The van der Waals surface area contributed by atoms with Gasteiger partial charge in [0.25, 0.3) is 5.69 Å². The number of hydrogen-bond acceptors (Lipinski definition) is 4. The number of carboxylic acid groups (broad SMARTS) is 1. The van der Waals surface area contributed by atoms with Gasteiger partial charge in [0.05, 0.1) is 21.9 Å². The topological polar surface area (TPSA) is 109 Å². The number of hydrogen-bond donors (Lipinski definition) is 2. The lowest BCUT2D eigenvalue weighted by Crippen LogP contribution is -1.99. The van der Waals surface area contributed by atoms with E-state index in [2.05, 4.69) is 9.97 Å². The van der Waals surface area contributed by atoms with Gasteiger partial charge in [-0.15, -0.1) is 11.6 Å². The smallest absolute Gasteiger partial charge is 0.338 e. The number of nitro benzene ring substituents is 1. The van der Waals surface area contributed by atoms with Crippen molar-refractivity contribution in [3.63, 3.8) is 0 Å². The number of nitrogens with zero attached hydrogens (tertiary/aromatic N) is 2. The summed E-state index contributed by atoms with van der Waals surface area (Å²) < 4.78 is 0. The molecule has 0 saturated heterocycles. The molecule has 0 fully saturated rings. The average Bonchev–Trinajstić information content (AvgIpc) is 2.69. The molecule has 8 heteroatoms. The highest BCUT2D eigenvalue weighted by Crippen LogP contribution is 2.24. The summed E-state index contributed by atoms with van der Waals surface area (Å²) in [7, 11) is 0. The summed E-state index contributed by atoms with van der Waals surface area (Å²) in [6.45, 7) is 0. The Morgan fingerprint density at radius 1 is 1.59 bits per heavy atom. The third kappa shape index (κ3) is 1.92. The fraction of sp³-hybridized carbons (Fsp3) is 0.111. The summed E-state index contributed by atoms with van der Waals surface area (Å²) in [5.74, 6) is -0.836. The van der Waals surface area contributed by atoms with Crippen molar-refractivity contribution in [3.8, 4) is 0 Å². The fourth-order valence-corrected chi connectivity index (χ4v) is 1.61. The number of fused-ring (bicyclic) bond motifs is 1. The molecule has 1 aromatic carbocycles. The van der Waals surface area contributed by atoms with Crippen molar-refractivity contribution in [1.82, 2.24) is 9.97 Å². The third-order valence-corrected chi connectivity index (χ3v) is 2.44. The molecule has 2 rings (SSSR count). The highest BCUT2D eigenvalue weighted by Gasteiger charge is 2.19. The summed E-state index contributed by atoms with van der Waals surface area (Å²) in [4.78, 5) is 27.7. The molecule has 88 valence electrons. The van der Waals surface area contributed by atoms with E-state index in [-0.39, 0.29) is 28.2 Å². The minimum atomic E-state index is -1.27. The predicted octanol–water partition coefficient (Wildman–Crippen LogP) is 1.91. The van der Waals surface area contributed by atoms with Crippen LogP contribution >= 0.6 is 11.6 Å². The standard InChI is InChI=1S/C9H6ClN3O4/c10-3-7-11-6-2-4(13(16)17)1-5(9(14)15)8(6)12-7/h1-2H,3H2,(H,11,12)(H,14,15). The van der Waals surface area contributed by atoms with E-state index < -0.39 is 10.9 Å². The normalized spacial score (nSPS) is 10.6. The molecule has 0 radical (unpaired) electrons. The first-order chi connectivity index (χ1) is 8.02. The maximum Gasteiger partial charge on any atom is 0.338 e.